The van der Waals surface area contributed by atoms with Crippen molar-refractivity contribution < 1.29 is 4.39 Å². The van der Waals surface area contributed by atoms with Crippen LogP contribution in [-0.2, 0) is 6.42 Å². The van der Waals surface area contributed by atoms with Crippen LogP contribution in [0.1, 0.15) is 51.5 Å². The van der Waals surface area contributed by atoms with E-state index in [4.69, 9.17) is 0 Å². The molecule has 1 N–H and O–H groups in total. The standard InChI is InChI=1S/C17H25BrFN/c1-3-17(9-5-6-10-17)16(20-4-2)11-13-7-8-14(18)12-15(13)19/h7-8,12,16,20H,3-6,9-11H2,1-2H3. The summed E-state index contributed by atoms with van der Waals surface area (Å²) in [5.74, 6) is -0.0912. The summed E-state index contributed by atoms with van der Waals surface area (Å²) >= 11 is 3.33. The summed E-state index contributed by atoms with van der Waals surface area (Å²) in [6.07, 6.45) is 7.17. The van der Waals surface area contributed by atoms with Crippen LogP contribution in [0.2, 0.25) is 0 Å². The monoisotopic (exact) mass is 341 g/mol. The van der Waals surface area contributed by atoms with E-state index in [9.17, 15) is 4.39 Å². The van der Waals surface area contributed by atoms with Crippen molar-refractivity contribution in [2.24, 2.45) is 5.41 Å². The molecule has 0 heterocycles. The molecule has 0 amide bonds. The zero-order valence-corrected chi connectivity index (χ0v) is 14.1. The molecule has 1 saturated carbocycles. The Hall–Kier alpha value is -0.410. The molecule has 1 aromatic carbocycles. The van der Waals surface area contributed by atoms with Gasteiger partial charge in [0.2, 0.25) is 0 Å². The maximum atomic E-state index is 14.1. The second-order valence-corrected chi connectivity index (χ2v) is 6.89. The maximum absolute atomic E-state index is 14.1. The van der Waals surface area contributed by atoms with Gasteiger partial charge >= 0.3 is 0 Å². The molecule has 3 heteroatoms. The first-order chi connectivity index (χ1) is 9.61. The molecule has 1 fully saturated rings. The molecule has 1 aliphatic rings. The number of rotatable bonds is 6. The number of likely N-dealkylation sites (N-methyl/N-ethyl adjacent to an activating group) is 1. The van der Waals surface area contributed by atoms with E-state index in [2.05, 4.69) is 35.1 Å². The van der Waals surface area contributed by atoms with Gasteiger partial charge in [-0.2, -0.15) is 0 Å². The minimum atomic E-state index is -0.0912. The molecule has 1 nitrogen and oxygen atoms in total. The third-order valence-electron chi connectivity index (χ3n) is 4.93. The molecular formula is C17H25BrFN. The number of benzene rings is 1. The predicted molar refractivity (Wildman–Crippen MR) is 86.5 cm³/mol. The average molecular weight is 342 g/mol. The van der Waals surface area contributed by atoms with Gasteiger partial charge < -0.3 is 5.32 Å². The minimum Gasteiger partial charge on any atom is -0.313 e. The highest BCUT2D eigenvalue weighted by molar-refractivity contribution is 9.10. The maximum Gasteiger partial charge on any atom is 0.127 e. The van der Waals surface area contributed by atoms with E-state index in [0.717, 1.165) is 23.0 Å². The van der Waals surface area contributed by atoms with E-state index in [-0.39, 0.29) is 5.82 Å². The summed E-state index contributed by atoms with van der Waals surface area (Å²) in [7, 11) is 0. The Labute approximate surface area is 130 Å². The fourth-order valence-electron chi connectivity index (χ4n) is 3.69. The molecule has 0 spiro atoms. The van der Waals surface area contributed by atoms with E-state index >= 15 is 0 Å². The summed E-state index contributed by atoms with van der Waals surface area (Å²) in [6, 6.07) is 5.82. The first kappa shape index (κ1) is 16.0. The molecular weight excluding hydrogens is 317 g/mol. The number of nitrogens with one attached hydrogen (secondary N) is 1. The lowest BCUT2D eigenvalue weighted by Crippen LogP contribution is -2.45. The van der Waals surface area contributed by atoms with Crippen LogP contribution in [-0.4, -0.2) is 12.6 Å². The second kappa shape index (κ2) is 7.04. The quantitative estimate of drug-likeness (QED) is 0.760. The van der Waals surface area contributed by atoms with E-state index in [1.165, 1.54) is 32.1 Å². The summed E-state index contributed by atoms with van der Waals surface area (Å²) in [5.41, 5.74) is 1.19. The molecule has 0 saturated heterocycles. The molecule has 112 valence electrons. The van der Waals surface area contributed by atoms with Crippen LogP contribution in [0, 0.1) is 11.2 Å². The summed E-state index contributed by atoms with van der Waals surface area (Å²) in [6.45, 7) is 5.38. The summed E-state index contributed by atoms with van der Waals surface area (Å²) in [5, 5.41) is 3.63. The Morgan fingerprint density at radius 1 is 1.30 bits per heavy atom. The van der Waals surface area contributed by atoms with Gasteiger partial charge in [0.25, 0.3) is 0 Å². The summed E-state index contributed by atoms with van der Waals surface area (Å²) < 4.78 is 14.9. The van der Waals surface area contributed by atoms with Crippen molar-refractivity contribution >= 4 is 15.9 Å². The first-order valence-electron chi connectivity index (χ1n) is 7.78. The van der Waals surface area contributed by atoms with Crippen LogP contribution < -0.4 is 5.32 Å². The number of hydrogen-bond acceptors (Lipinski definition) is 1. The van der Waals surface area contributed by atoms with Crippen LogP contribution in [0.5, 0.6) is 0 Å². The normalized spacial score (nSPS) is 19.2. The van der Waals surface area contributed by atoms with E-state index in [1.54, 1.807) is 6.07 Å². The Bertz CT molecular complexity index is 441. The van der Waals surface area contributed by atoms with Crippen molar-refractivity contribution in [1.29, 1.82) is 0 Å². The van der Waals surface area contributed by atoms with Gasteiger partial charge in [-0.1, -0.05) is 48.7 Å². The Morgan fingerprint density at radius 2 is 2.00 bits per heavy atom. The summed E-state index contributed by atoms with van der Waals surface area (Å²) in [4.78, 5) is 0. The van der Waals surface area contributed by atoms with Crippen LogP contribution >= 0.6 is 15.9 Å². The van der Waals surface area contributed by atoms with E-state index in [1.807, 2.05) is 12.1 Å². The van der Waals surface area contributed by atoms with Crippen molar-refractivity contribution in [3.05, 3.63) is 34.1 Å². The van der Waals surface area contributed by atoms with Gasteiger partial charge in [0.1, 0.15) is 5.82 Å². The Kier molecular flexibility index (Phi) is 5.62. The average Bonchev–Trinajstić information content (AvgIpc) is 2.91. The highest BCUT2D eigenvalue weighted by Crippen LogP contribution is 2.44. The molecule has 1 unspecified atom stereocenters. The highest BCUT2D eigenvalue weighted by Gasteiger charge is 2.39. The molecule has 1 atom stereocenters. The molecule has 2 rings (SSSR count). The van der Waals surface area contributed by atoms with Gasteiger partial charge in [-0.05, 0) is 55.3 Å². The molecule has 20 heavy (non-hydrogen) atoms. The van der Waals surface area contributed by atoms with Crippen molar-refractivity contribution in [2.45, 2.75) is 58.4 Å². The fourth-order valence-corrected chi connectivity index (χ4v) is 4.02. The van der Waals surface area contributed by atoms with Crippen LogP contribution in [0.25, 0.3) is 0 Å². The zero-order valence-electron chi connectivity index (χ0n) is 12.5. The lowest BCUT2D eigenvalue weighted by atomic mass is 9.74. The van der Waals surface area contributed by atoms with Crippen molar-refractivity contribution in [3.63, 3.8) is 0 Å². The SMILES string of the molecule is CCNC(Cc1ccc(Br)cc1F)C1(CC)CCCC1. The Morgan fingerprint density at radius 3 is 2.55 bits per heavy atom. The van der Waals surface area contributed by atoms with Gasteiger partial charge in [-0.25, -0.2) is 4.39 Å². The molecule has 0 radical (unpaired) electrons. The smallest absolute Gasteiger partial charge is 0.127 e. The van der Waals surface area contributed by atoms with Gasteiger partial charge in [0.15, 0.2) is 0 Å². The van der Waals surface area contributed by atoms with Crippen molar-refractivity contribution in [2.75, 3.05) is 6.54 Å². The van der Waals surface area contributed by atoms with Crippen LogP contribution in [0.3, 0.4) is 0 Å². The first-order valence-corrected chi connectivity index (χ1v) is 8.58. The van der Waals surface area contributed by atoms with Gasteiger partial charge in [0, 0.05) is 10.5 Å². The van der Waals surface area contributed by atoms with E-state index < -0.39 is 0 Å². The largest absolute Gasteiger partial charge is 0.313 e. The molecule has 1 aromatic rings. The zero-order chi connectivity index (χ0) is 14.6. The van der Waals surface area contributed by atoms with Gasteiger partial charge in [-0.15, -0.1) is 0 Å². The predicted octanol–water partition coefficient (Wildman–Crippen LogP) is 5.08. The number of hydrogen-bond donors (Lipinski definition) is 1. The van der Waals surface area contributed by atoms with Gasteiger partial charge in [0.05, 0.1) is 0 Å². The minimum absolute atomic E-state index is 0.0912. The number of halogens is 2. The molecule has 0 aromatic heterocycles. The third-order valence-corrected chi connectivity index (χ3v) is 5.43. The topological polar surface area (TPSA) is 12.0 Å². The van der Waals surface area contributed by atoms with Crippen LogP contribution in [0.4, 0.5) is 4.39 Å². The van der Waals surface area contributed by atoms with Crippen molar-refractivity contribution in [1.82, 2.24) is 5.32 Å². The Balaban J connectivity index is 2.20. The third kappa shape index (κ3) is 3.43. The molecule has 0 bridgehead atoms. The molecule has 1 aliphatic carbocycles. The van der Waals surface area contributed by atoms with Crippen molar-refractivity contribution in [3.8, 4) is 0 Å². The molecule has 0 aliphatic heterocycles. The van der Waals surface area contributed by atoms with Gasteiger partial charge in [-0.3, -0.25) is 0 Å². The van der Waals surface area contributed by atoms with Crippen LogP contribution in [0.15, 0.2) is 22.7 Å². The lowest BCUT2D eigenvalue weighted by molar-refractivity contribution is 0.185. The highest BCUT2D eigenvalue weighted by atomic mass is 79.9. The second-order valence-electron chi connectivity index (χ2n) is 5.97. The van der Waals surface area contributed by atoms with E-state index in [0.29, 0.717) is 11.5 Å². The lowest BCUT2D eigenvalue weighted by Gasteiger charge is -2.38. The fraction of sp³-hybridized carbons (Fsp3) is 0.647.